The van der Waals surface area contributed by atoms with Crippen LogP contribution >= 0.6 is 23.2 Å². The third-order valence-corrected chi connectivity index (χ3v) is 0.377. The van der Waals surface area contributed by atoms with Crippen LogP contribution in [0.5, 0.6) is 0 Å². The zero-order valence-corrected chi connectivity index (χ0v) is 5.93. The molecule has 0 unspecified atom stereocenters. The summed E-state index contributed by atoms with van der Waals surface area (Å²) in [5, 5.41) is 6.54. The van der Waals surface area contributed by atoms with Gasteiger partial charge in [0.05, 0.1) is 5.34 Å². The molecule has 2 N–H and O–H groups in total. The molecule has 0 radical (unpaired) electrons. The monoisotopic (exact) mass is 169 g/mol. The van der Waals surface area contributed by atoms with Crippen LogP contribution in [0.2, 0.25) is 0 Å². The van der Waals surface area contributed by atoms with Crippen molar-refractivity contribution in [3.05, 3.63) is 6.26 Å². The van der Waals surface area contributed by atoms with Crippen molar-refractivity contribution in [2.24, 2.45) is 0 Å². The predicted octanol–water partition coefficient (Wildman–Crippen LogP) is 1.07. The summed E-state index contributed by atoms with van der Waals surface area (Å²) in [6, 6.07) is 0. The predicted molar refractivity (Wildman–Crippen MR) is 35.3 cm³/mol. The average molecular weight is 170 g/mol. The van der Waals surface area contributed by atoms with E-state index < -0.39 is 0 Å². The first kappa shape index (κ1) is 8.52. The number of nitrogen functional groups attached to an aromatic ring is 1. The minimum absolute atomic E-state index is 0.194. The van der Waals surface area contributed by atoms with Crippen molar-refractivity contribution in [3.8, 4) is 0 Å². The van der Waals surface area contributed by atoms with Crippen molar-refractivity contribution in [1.82, 2.24) is 10.4 Å². The van der Waals surface area contributed by atoms with Gasteiger partial charge in [0.1, 0.15) is 0 Å². The van der Waals surface area contributed by atoms with Crippen LogP contribution in [0.3, 0.4) is 0 Å². The number of alkyl halides is 2. The van der Waals surface area contributed by atoms with Crippen LogP contribution in [-0.4, -0.2) is 15.7 Å². The van der Waals surface area contributed by atoms with Gasteiger partial charge in [-0.15, -0.1) is 23.2 Å². The molecule has 0 aliphatic heterocycles. The standard InChI is InChI=1S/C2H3N3O.CH2Cl2/c3-2-1-6-5-4-2;2-1-3/h1H,3H2;1H2. The molecule has 9 heavy (non-hydrogen) atoms. The number of aromatic nitrogens is 2. The Morgan fingerprint density at radius 2 is 2.22 bits per heavy atom. The maximum atomic E-state index is 5.01. The number of nitrogens with two attached hydrogens (primary N) is 1. The number of rotatable bonds is 0. The summed E-state index contributed by atoms with van der Waals surface area (Å²) >= 11 is 9.53. The Kier molecular flexibility index (Phi) is 5.35. The normalized spacial score (nSPS) is 7.78. The molecule has 6 heteroatoms. The molecule has 4 nitrogen and oxygen atoms in total. The lowest BCUT2D eigenvalue weighted by Gasteiger charge is -1.61. The summed E-state index contributed by atoms with van der Waals surface area (Å²) < 4.78 is 4.23. The first-order chi connectivity index (χ1) is 4.31. The lowest BCUT2D eigenvalue weighted by atomic mass is 10.8. The molecule has 1 aromatic heterocycles. The van der Waals surface area contributed by atoms with Crippen LogP contribution in [-0.2, 0) is 0 Å². The molecular formula is C3H5Cl2N3O. The molecule has 1 heterocycles. The van der Waals surface area contributed by atoms with Crippen LogP contribution < -0.4 is 5.73 Å². The Morgan fingerprint density at radius 3 is 2.33 bits per heavy atom. The van der Waals surface area contributed by atoms with Crippen LogP contribution in [0.4, 0.5) is 5.82 Å². The van der Waals surface area contributed by atoms with E-state index in [1.54, 1.807) is 0 Å². The summed E-state index contributed by atoms with van der Waals surface area (Å²) in [7, 11) is 0. The summed E-state index contributed by atoms with van der Waals surface area (Å²) in [5.41, 5.74) is 5.01. The largest absolute Gasteiger partial charge is 0.379 e. The molecular weight excluding hydrogens is 165 g/mol. The Labute approximate surface area is 61.9 Å². The lowest BCUT2D eigenvalue weighted by molar-refractivity contribution is 0.393. The van der Waals surface area contributed by atoms with E-state index in [0.717, 1.165) is 0 Å². The van der Waals surface area contributed by atoms with Gasteiger partial charge in [0.15, 0.2) is 12.1 Å². The second-order valence-electron chi connectivity index (χ2n) is 0.931. The quantitative estimate of drug-likeness (QED) is 0.591. The Bertz CT molecular complexity index is 132. The average Bonchev–Trinajstić information content (AvgIpc) is 2.20. The summed E-state index contributed by atoms with van der Waals surface area (Å²) in [5.74, 6) is 0.315. The van der Waals surface area contributed by atoms with E-state index in [0.29, 0.717) is 5.82 Å². The molecule has 0 amide bonds. The number of anilines is 1. The van der Waals surface area contributed by atoms with E-state index in [4.69, 9.17) is 28.9 Å². The number of nitrogens with zero attached hydrogens (tertiary/aromatic N) is 2. The van der Waals surface area contributed by atoms with Crippen molar-refractivity contribution >= 4 is 29.0 Å². The second kappa shape index (κ2) is 5.65. The lowest BCUT2D eigenvalue weighted by Crippen LogP contribution is -1.81. The molecule has 1 aromatic rings. The number of hydrogen-bond acceptors (Lipinski definition) is 4. The third-order valence-electron chi connectivity index (χ3n) is 0.377. The molecule has 0 spiro atoms. The van der Waals surface area contributed by atoms with E-state index in [9.17, 15) is 0 Å². The molecule has 0 saturated heterocycles. The van der Waals surface area contributed by atoms with Gasteiger partial charge in [-0.25, -0.2) is 0 Å². The summed E-state index contributed by atoms with van der Waals surface area (Å²) in [6.07, 6.45) is 1.26. The van der Waals surface area contributed by atoms with E-state index in [2.05, 4.69) is 14.9 Å². The highest BCUT2D eigenvalue weighted by Gasteiger charge is 1.80. The fourth-order valence-corrected chi connectivity index (χ4v) is 0.172. The molecule has 1 rings (SSSR count). The zero-order valence-electron chi connectivity index (χ0n) is 4.42. The molecule has 0 aliphatic rings. The van der Waals surface area contributed by atoms with Crippen LogP contribution in [0.1, 0.15) is 0 Å². The SMILES string of the molecule is ClCCl.Nc1conn1. The molecule has 0 atom stereocenters. The van der Waals surface area contributed by atoms with Crippen molar-refractivity contribution < 1.29 is 4.52 Å². The van der Waals surface area contributed by atoms with Gasteiger partial charge < -0.3 is 10.3 Å². The van der Waals surface area contributed by atoms with Gasteiger partial charge in [0.25, 0.3) is 0 Å². The third kappa shape index (κ3) is 5.39. The van der Waals surface area contributed by atoms with E-state index in [-0.39, 0.29) is 5.34 Å². The van der Waals surface area contributed by atoms with Gasteiger partial charge in [-0.3, -0.25) is 0 Å². The highest BCUT2D eigenvalue weighted by atomic mass is 35.5. The van der Waals surface area contributed by atoms with Gasteiger partial charge in [-0.1, -0.05) is 5.10 Å². The molecule has 0 saturated carbocycles. The van der Waals surface area contributed by atoms with Crippen molar-refractivity contribution in [3.63, 3.8) is 0 Å². The molecule has 0 aliphatic carbocycles. The molecule has 0 aromatic carbocycles. The van der Waals surface area contributed by atoms with Gasteiger partial charge in [0.2, 0.25) is 0 Å². The summed E-state index contributed by atoms with van der Waals surface area (Å²) in [4.78, 5) is 0. The molecule has 0 bridgehead atoms. The minimum Gasteiger partial charge on any atom is -0.379 e. The van der Waals surface area contributed by atoms with Crippen LogP contribution in [0.25, 0.3) is 0 Å². The number of halogens is 2. The summed E-state index contributed by atoms with van der Waals surface area (Å²) in [6.45, 7) is 0. The minimum atomic E-state index is 0.194. The fraction of sp³-hybridized carbons (Fsp3) is 0.333. The van der Waals surface area contributed by atoms with E-state index >= 15 is 0 Å². The van der Waals surface area contributed by atoms with Crippen molar-refractivity contribution in [1.29, 1.82) is 0 Å². The Balaban J connectivity index is 0.000000187. The first-order valence-corrected chi connectivity index (χ1v) is 3.02. The smallest absolute Gasteiger partial charge is 0.187 e. The first-order valence-electron chi connectivity index (χ1n) is 1.95. The van der Waals surface area contributed by atoms with E-state index in [1.165, 1.54) is 6.26 Å². The number of hydrogen-bond donors (Lipinski definition) is 1. The van der Waals surface area contributed by atoms with Gasteiger partial charge in [-0.2, -0.15) is 0 Å². The van der Waals surface area contributed by atoms with E-state index in [1.807, 2.05) is 0 Å². The van der Waals surface area contributed by atoms with Crippen molar-refractivity contribution in [2.45, 2.75) is 0 Å². The van der Waals surface area contributed by atoms with Gasteiger partial charge in [-0.05, 0) is 0 Å². The molecule has 0 fully saturated rings. The van der Waals surface area contributed by atoms with Crippen molar-refractivity contribution in [2.75, 3.05) is 11.1 Å². The zero-order chi connectivity index (χ0) is 7.11. The second-order valence-corrected chi connectivity index (χ2v) is 1.74. The maximum Gasteiger partial charge on any atom is 0.187 e. The van der Waals surface area contributed by atoms with Gasteiger partial charge in [0, 0.05) is 5.27 Å². The molecule has 52 valence electrons. The Morgan fingerprint density at radius 1 is 1.67 bits per heavy atom. The van der Waals surface area contributed by atoms with Crippen LogP contribution in [0.15, 0.2) is 10.8 Å². The van der Waals surface area contributed by atoms with Crippen LogP contribution in [0, 0.1) is 0 Å². The highest BCUT2D eigenvalue weighted by Crippen LogP contribution is 1.85. The Hall–Kier alpha value is -0.480. The van der Waals surface area contributed by atoms with Gasteiger partial charge >= 0.3 is 0 Å². The highest BCUT2D eigenvalue weighted by molar-refractivity contribution is 6.40. The fourth-order valence-electron chi connectivity index (χ4n) is 0.172. The topological polar surface area (TPSA) is 64.9 Å². The maximum absolute atomic E-state index is 5.01.